The van der Waals surface area contributed by atoms with Crippen molar-refractivity contribution in [3.63, 3.8) is 0 Å². The maximum atomic E-state index is 10.5. The molecule has 0 radical (unpaired) electrons. The standard InChI is InChI=1S/C8H8N4O2S/c1-5-10-6(3-15-5)2-12-4-9-7(11-12)8(13)14/h3-4H,2H2,1H3,(H,13,14). The second-order valence-electron chi connectivity index (χ2n) is 2.93. The van der Waals surface area contributed by atoms with E-state index >= 15 is 0 Å². The molecule has 0 saturated carbocycles. The average molecular weight is 224 g/mol. The molecule has 0 fully saturated rings. The van der Waals surface area contributed by atoms with Crippen LogP contribution in [-0.2, 0) is 6.54 Å². The first kappa shape index (κ1) is 9.78. The van der Waals surface area contributed by atoms with E-state index < -0.39 is 5.97 Å². The highest BCUT2D eigenvalue weighted by atomic mass is 32.1. The van der Waals surface area contributed by atoms with Crippen LogP contribution in [0.4, 0.5) is 0 Å². The fourth-order valence-electron chi connectivity index (χ4n) is 1.12. The summed E-state index contributed by atoms with van der Waals surface area (Å²) in [5.41, 5.74) is 0.860. The Bertz CT molecular complexity index is 490. The number of hydrogen-bond donors (Lipinski definition) is 1. The van der Waals surface area contributed by atoms with Gasteiger partial charge in [-0.1, -0.05) is 0 Å². The number of aromatic nitrogens is 4. The zero-order valence-electron chi connectivity index (χ0n) is 7.91. The number of carboxylic acid groups (broad SMARTS) is 1. The molecule has 2 aromatic rings. The summed E-state index contributed by atoms with van der Waals surface area (Å²) < 4.78 is 1.46. The van der Waals surface area contributed by atoms with Crippen LogP contribution in [0.2, 0.25) is 0 Å². The third kappa shape index (κ3) is 2.18. The monoisotopic (exact) mass is 224 g/mol. The van der Waals surface area contributed by atoms with Gasteiger partial charge in [0.15, 0.2) is 0 Å². The number of carbonyl (C=O) groups is 1. The average Bonchev–Trinajstić information content (AvgIpc) is 2.76. The molecule has 0 aliphatic rings. The summed E-state index contributed by atoms with van der Waals surface area (Å²) in [7, 11) is 0. The first-order valence-corrected chi connectivity index (χ1v) is 5.07. The highest BCUT2D eigenvalue weighted by molar-refractivity contribution is 7.09. The van der Waals surface area contributed by atoms with Crippen molar-refractivity contribution in [3.8, 4) is 0 Å². The Morgan fingerprint density at radius 3 is 3.00 bits per heavy atom. The quantitative estimate of drug-likeness (QED) is 0.833. The molecule has 6 nitrogen and oxygen atoms in total. The Balaban J connectivity index is 2.14. The number of aryl methyl sites for hydroxylation is 1. The van der Waals surface area contributed by atoms with Gasteiger partial charge in [0, 0.05) is 5.38 Å². The van der Waals surface area contributed by atoms with E-state index in [-0.39, 0.29) is 5.82 Å². The van der Waals surface area contributed by atoms with Gasteiger partial charge in [0.1, 0.15) is 6.33 Å². The summed E-state index contributed by atoms with van der Waals surface area (Å²) in [5, 5.41) is 15.3. The summed E-state index contributed by atoms with van der Waals surface area (Å²) in [4.78, 5) is 18.4. The third-order valence-corrected chi connectivity index (χ3v) is 2.54. The number of hydrogen-bond acceptors (Lipinski definition) is 5. The highest BCUT2D eigenvalue weighted by Gasteiger charge is 2.09. The zero-order valence-corrected chi connectivity index (χ0v) is 8.73. The Labute approximate surface area is 89.2 Å². The number of aromatic carboxylic acids is 1. The van der Waals surface area contributed by atoms with Crippen LogP contribution in [0.1, 0.15) is 21.3 Å². The molecular formula is C8H8N4O2S. The summed E-state index contributed by atoms with van der Waals surface area (Å²) in [6.07, 6.45) is 1.39. The first-order valence-electron chi connectivity index (χ1n) is 4.19. The predicted molar refractivity (Wildman–Crippen MR) is 52.9 cm³/mol. The van der Waals surface area contributed by atoms with Gasteiger partial charge in [-0.15, -0.1) is 16.4 Å². The van der Waals surface area contributed by atoms with Crippen LogP contribution < -0.4 is 0 Å². The molecule has 0 bridgehead atoms. The van der Waals surface area contributed by atoms with Crippen LogP contribution >= 0.6 is 11.3 Å². The molecule has 2 aromatic heterocycles. The van der Waals surface area contributed by atoms with Crippen LogP contribution in [0.3, 0.4) is 0 Å². The molecule has 7 heteroatoms. The molecule has 0 aliphatic heterocycles. The second-order valence-corrected chi connectivity index (χ2v) is 3.99. The van der Waals surface area contributed by atoms with Crippen LogP contribution in [0.5, 0.6) is 0 Å². The predicted octanol–water partition coefficient (Wildman–Crippen LogP) is 0.790. The largest absolute Gasteiger partial charge is 0.475 e. The SMILES string of the molecule is Cc1nc(Cn2cnc(C(=O)O)n2)cs1. The Hall–Kier alpha value is -1.76. The van der Waals surface area contributed by atoms with E-state index in [9.17, 15) is 4.79 Å². The van der Waals surface area contributed by atoms with Gasteiger partial charge in [0.25, 0.3) is 5.82 Å². The van der Waals surface area contributed by atoms with Crippen molar-refractivity contribution in [1.29, 1.82) is 0 Å². The molecule has 0 spiro atoms. The third-order valence-electron chi connectivity index (χ3n) is 1.72. The normalized spacial score (nSPS) is 10.5. The van der Waals surface area contributed by atoms with E-state index in [1.807, 2.05) is 12.3 Å². The van der Waals surface area contributed by atoms with Crippen molar-refractivity contribution in [3.05, 3.63) is 28.2 Å². The fraction of sp³-hybridized carbons (Fsp3) is 0.250. The molecule has 78 valence electrons. The van der Waals surface area contributed by atoms with Crippen molar-refractivity contribution in [2.45, 2.75) is 13.5 Å². The van der Waals surface area contributed by atoms with Crippen molar-refractivity contribution in [1.82, 2.24) is 19.7 Å². The lowest BCUT2D eigenvalue weighted by molar-refractivity contribution is 0.0683. The van der Waals surface area contributed by atoms with Crippen molar-refractivity contribution in [2.75, 3.05) is 0 Å². The fourth-order valence-corrected chi connectivity index (χ4v) is 1.72. The number of rotatable bonds is 3. The lowest BCUT2D eigenvalue weighted by atomic mass is 10.5. The minimum atomic E-state index is -1.12. The van der Waals surface area contributed by atoms with Crippen LogP contribution in [0, 0.1) is 6.92 Å². The van der Waals surface area contributed by atoms with Crippen molar-refractivity contribution < 1.29 is 9.90 Å². The van der Waals surface area contributed by atoms with Crippen LogP contribution in [-0.4, -0.2) is 30.8 Å². The molecule has 15 heavy (non-hydrogen) atoms. The maximum Gasteiger partial charge on any atom is 0.375 e. The van der Waals surface area contributed by atoms with Gasteiger partial charge in [-0.3, -0.25) is 0 Å². The van der Waals surface area contributed by atoms with Crippen LogP contribution in [0.15, 0.2) is 11.7 Å². The molecule has 2 rings (SSSR count). The van der Waals surface area contributed by atoms with E-state index in [1.165, 1.54) is 11.0 Å². The van der Waals surface area contributed by atoms with E-state index in [4.69, 9.17) is 5.11 Å². The lowest BCUT2D eigenvalue weighted by Crippen LogP contribution is -2.04. The maximum absolute atomic E-state index is 10.5. The second kappa shape index (κ2) is 3.77. The first-order chi connectivity index (χ1) is 7.15. The zero-order chi connectivity index (χ0) is 10.8. The van der Waals surface area contributed by atoms with E-state index in [1.54, 1.807) is 11.3 Å². The smallest absolute Gasteiger partial charge is 0.375 e. The topological polar surface area (TPSA) is 80.9 Å². The molecular weight excluding hydrogens is 216 g/mol. The number of nitrogens with zero attached hydrogens (tertiary/aromatic N) is 4. The lowest BCUT2D eigenvalue weighted by Gasteiger charge is -1.94. The highest BCUT2D eigenvalue weighted by Crippen LogP contribution is 2.08. The van der Waals surface area contributed by atoms with Gasteiger partial charge in [-0.05, 0) is 6.92 Å². The summed E-state index contributed by atoms with van der Waals surface area (Å²) in [5.74, 6) is -1.31. The van der Waals surface area contributed by atoms with Crippen molar-refractivity contribution in [2.24, 2.45) is 0 Å². The molecule has 0 amide bonds. The molecule has 0 aliphatic carbocycles. The summed E-state index contributed by atoms with van der Waals surface area (Å²) in [6.45, 7) is 2.36. The van der Waals surface area contributed by atoms with Gasteiger partial charge in [0.2, 0.25) is 0 Å². The molecule has 0 atom stereocenters. The summed E-state index contributed by atoms with van der Waals surface area (Å²) >= 11 is 1.55. The Morgan fingerprint density at radius 1 is 1.67 bits per heavy atom. The number of carboxylic acids is 1. The van der Waals surface area contributed by atoms with E-state index in [2.05, 4.69) is 15.1 Å². The molecule has 0 unspecified atom stereocenters. The Kier molecular flexibility index (Phi) is 2.46. The van der Waals surface area contributed by atoms with Gasteiger partial charge in [-0.25, -0.2) is 19.4 Å². The molecule has 0 aromatic carbocycles. The van der Waals surface area contributed by atoms with E-state index in [0.717, 1.165) is 10.7 Å². The Morgan fingerprint density at radius 2 is 2.47 bits per heavy atom. The molecule has 0 saturated heterocycles. The van der Waals surface area contributed by atoms with Crippen LogP contribution in [0.25, 0.3) is 0 Å². The van der Waals surface area contributed by atoms with Gasteiger partial charge < -0.3 is 5.11 Å². The minimum Gasteiger partial charge on any atom is -0.475 e. The van der Waals surface area contributed by atoms with Crippen molar-refractivity contribution >= 4 is 17.3 Å². The van der Waals surface area contributed by atoms with Gasteiger partial charge in [-0.2, -0.15) is 0 Å². The molecule has 1 N–H and O–H groups in total. The van der Waals surface area contributed by atoms with Gasteiger partial charge >= 0.3 is 5.97 Å². The number of thiazole rings is 1. The van der Waals surface area contributed by atoms with E-state index in [0.29, 0.717) is 6.54 Å². The molecule has 2 heterocycles. The summed E-state index contributed by atoms with van der Waals surface area (Å²) in [6, 6.07) is 0. The van der Waals surface area contributed by atoms with Gasteiger partial charge in [0.05, 0.1) is 17.2 Å². The minimum absolute atomic E-state index is 0.193.